The lowest BCUT2D eigenvalue weighted by Crippen LogP contribution is -2.23. The van der Waals surface area contributed by atoms with Crippen LogP contribution >= 0.6 is 15.9 Å². The van der Waals surface area contributed by atoms with E-state index in [1.165, 1.54) is 30.5 Å². The molecule has 2 heterocycles. The van der Waals surface area contributed by atoms with E-state index in [-0.39, 0.29) is 0 Å². The molecule has 1 saturated heterocycles. The van der Waals surface area contributed by atoms with Gasteiger partial charge >= 0.3 is 0 Å². The van der Waals surface area contributed by atoms with Gasteiger partial charge in [-0.25, -0.2) is 4.98 Å². The molecular weight excluding hydrogens is 300 g/mol. The van der Waals surface area contributed by atoms with Crippen molar-refractivity contribution >= 4 is 15.9 Å². The lowest BCUT2D eigenvalue weighted by molar-refractivity contribution is 0.247. The van der Waals surface area contributed by atoms with E-state index >= 15 is 0 Å². The third-order valence-corrected chi connectivity index (χ3v) is 4.40. The fourth-order valence-electron chi connectivity index (χ4n) is 2.83. The van der Waals surface area contributed by atoms with Crippen LogP contribution in [0.2, 0.25) is 0 Å². The highest BCUT2D eigenvalue weighted by molar-refractivity contribution is 9.10. The van der Waals surface area contributed by atoms with Gasteiger partial charge in [0.05, 0.1) is 0 Å². The largest absolute Gasteiger partial charge is 0.292 e. The number of hydrogen-bond donors (Lipinski definition) is 0. The number of likely N-dealkylation sites (tertiary alicyclic amines) is 1. The third kappa shape index (κ3) is 2.88. The van der Waals surface area contributed by atoms with Crippen molar-refractivity contribution in [3.8, 4) is 0 Å². The Bertz CT molecular complexity index is 541. The molecule has 1 aromatic carbocycles. The summed E-state index contributed by atoms with van der Waals surface area (Å²) >= 11 is 3.58. The van der Waals surface area contributed by atoms with Gasteiger partial charge in [-0.2, -0.15) is 0 Å². The van der Waals surface area contributed by atoms with Gasteiger partial charge in [0, 0.05) is 24.3 Å². The lowest BCUT2D eigenvalue weighted by Gasteiger charge is -2.25. The highest BCUT2D eigenvalue weighted by atomic mass is 79.9. The SMILES string of the molecule is Brc1ncccc1[C@@H]1CCCN1Cc1ccccc1. The summed E-state index contributed by atoms with van der Waals surface area (Å²) in [5, 5.41) is 0. The van der Waals surface area contributed by atoms with Crippen molar-refractivity contribution in [3.05, 3.63) is 64.4 Å². The van der Waals surface area contributed by atoms with Gasteiger partial charge in [0.15, 0.2) is 0 Å². The topological polar surface area (TPSA) is 16.1 Å². The van der Waals surface area contributed by atoms with Crippen LogP contribution in [0.5, 0.6) is 0 Å². The zero-order valence-electron chi connectivity index (χ0n) is 10.8. The number of aromatic nitrogens is 1. The minimum Gasteiger partial charge on any atom is -0.292 e. The molecule has 0 N–H and O–H groups in total. The van der Waals surface area contributed by atoms with Crippen LogP contribution in [0, 0.1) is 0 Å². The van der Waals surface area contributed by atoms with Gasteiger partial charge < -0.3 is 0 Å². The molecule has 19 heavy (non-hydrogen) atoms. The number of rotatable bonds is 3. The summed E-state index contributed by atoms with van der Waals surface area (Å²) in [4.78, 5) is 6.91. The molecule has 0 saturated carbocycles. The van der Waals surface area contributed by atoms with E-state index < -0.39 is 0 Å². The van der Waals surface area contributed by atoms with Gasteiger partial charge in [0.1, 0.15) is 4.60 Å². The molecule has 0 unspecified atom stereocenters. The molecule has 1 aliphatic rings. The number of hydrogen-bond acceptors (Lipinski definition) is 2. The van der Waals surface area contributed by atoms with Crippen LogP contribution in [-0.2, 0) is 6.54 Å². The summed E-state index contributed by atoms with van der Waals surface area (Å²) in [6.45, 7) is 2.19. The number of pyridine rings is 1. The molecule has 2 aromatic rings. The van der Waals surface area contributed by atoms with Crippen LogP contribution in [0.4, 0.5) is 0 Å². The normalized spacial score (nSPS) is 19.7. The molecule has 3 heteroatoms. The molecule has 0 bridgehead atoms. The molecule has 98 valence electrons. The van der Waals surface area contributed by atoms with Gasteiger partial charge in [-0.15, -0.1) is 0 Å². The summed E-state index contributed by atoms with van der Waals surface area (Å²) in [7, 11) is 0. The van der Waals surface area contributed by atoms with E-state index in [1.807, 2.05) is 12.3 Å². The summed E-state index contributed by atoms with van der Waals surface area (Å²) in [6.07, 6.45) is 4.32. The van der Waals surface area contributed by atoms with Crippen LogP contribution in [0.15, 0.2) is 53.3 Å². The average Bonchev–Trinajstić information content (AvgIpc) is 2.88. The van der Waals surface area contributed by atoms with Crippen molar-refractivity contribution in [2.75, 3.05) is 6.54 Å². The molecule has 0 amide bonds. The average molecular weight is 317 g/mol. The molecule has 0 radical (unpaired) electrons. The summed E-state index contributed by atoms with van der Waals surface area (Å²) in [5.74, 6) is 0. The Morgan fingerprint density at radius 2 is 2.00 bits per heavy atom. The minimum absolute atomic E-state index is 0.489. The maximum Gasteiger partial charge on any atom is 0.110 e. The van der Waals surface area contributed by atoms with E-state index in [0.29, 0.717) is 6.04 Å². The first-order valence-electron chi connectivity index (χ1n) is 6.73. The molecule has 1 aromatic heterocycles. The predicted molar refractivity (Wildman–Crippen MR) is 80.8 cm³/mol. The maximum atomic E-state index is 4.36. The van der Waals surface area contributed by atoms with Crippen molar-refractivity contribution in [2.24, 2.45) is 0 Å². The highest BCUT2D eigenvalue weighted by Crippen LogP contribution is 2.35. The van der Waals surface area contributed by atoms with E-state index in [0.717, 1.165) is 11.1 Å². The summed E-state index contributed by atoms with van der Waals surface area (Å²) in [5.41, 5.74) is 2.70. The monoisotopic (exact) mass is 316 g/mol. The minimum atomic E-state index is 0.489. The van der Waals surface area contributed by atoms with Crippen LogP contribution in [0.25, 0.3) is 0 Å². The van der Waals surface area contributed by atoms with Crippen molar-refractivity contribution in [3.63, 3.8) is 0 Å². The number of benzene rings is 1. The fourth-order valence-corrected chi connectivity index (χ4v) is 3.35. The van der Waals surface area contributed by atoms with Gasteiger partial charge in [-0.3, -0.25) is 4.90 Å². The Kier molecular flexibility index (Phi) is 3.95. The molecule has 1 fully saturated rings. The van der Waals surface area contributed by atoms with Crippen molar-refractivity contribution in [2.45, 2.75) is 25.4 Å². The van der Waals surface area contributed by atoms with Gasteiger partial charge in [-0.05, 0) is 46.9 Å². The molecule has 3 rings (SSSR count). The summed E-state index contributed by atoms with van der Waals surface area (Å²) < 4.78 is 0.986. The van der Waals surface area contributed by atoms with E-state index in [2.05, 4.69) is 62.2 Å². The Morgan fingerprint density at radius 1 is 1.16 bits per heavy atom. The second-order valence-corrected chi connectivity index (χ2v) is 5.75. The molecule has 0 spiro atoms. The Morgan fingerprint density at radius 3 is 2.79 bits per heavy atom. The standard InChI is InChI=1S/C16H17BrN2/c17-16-14(8-4-10-18-16)15-9-5-11-19(15)12-13-6-2-1-3-7-13/h1-4,6-8,10,15H,5,9,11-12H2/t15-/m0/s1. The summed E-state index contributed by atoms with van der Waals surface area (Å²) in [6, 6.07) is 15.4. The molecule has 0 aliphatic carbocycles. The maximum absolute atomic E-state index is 4.36. The Labute approximate surface area is 122 Å². The zero-order valence-corrected chi connectivity index (χ0v) is 12.4. The Balaban J connectivity index is 1.81. The second-order valence-electron chi connectivity index (χ2n) is 5.00. The Hall–Kier alpha value is -1.19. The van der Waals surface area contributed by atoms with Crippen molar-refractivity contribution < 1.29 is 0 Å². The molecule has 1 atom stereocenters. The molecular formula is C16H17BrN2. The number of halogens is 1. The van der Waals surface area contributed by atoms with Crippen LogP contribution in [0.1, 0.15) is 30.0 Å². The van der Waals surface area contributed by atoms with E-state index in [4.69, 9.17) is 0 Å². The first-order valence-corrected chi connectivity index (χ1v) is 7.52. The molecule has 1 aliphatic heterocycles. The van der Waals surface area contributed by atoms with Crippen molar-refractivity contribution in [1.82, 2.24) is 9.88 Å². The smallest absolute Gasteiger partial charge is 0.110 e. The lowest BCUT2D eigenvalue weighted by atomic mass is 10.1. The second kappa shape index (κ2) is 5.85. The van der Waals surface area contributed by atoms with E-state index in [1.54, 1.807) is 0 Å². The number of nitrogens with zero attached hydrogens (tertiary/aromatic N) is 2. The quantitative estimate of drug-likeness (QED) is 0.790. The first-order chi connectivity index (χ1) is 9.34. The van der Waals surface area contributed by atoms with E-state index in [9.17, 15) is 0 Å². The highest BCUT2D eigenvalue weighted by Gasteiger charge is 2.27. The van der Waals surface area contributed by atoms with Gasteiger partial charge in [0.2, 0.25) is 0 Å². The third-order valence-electron chi connectivity index (χ3n) is 3.74. The molecule has 2 nitrogen and oxygen atoms in total. The van der Waals surface area contributed by atoms with Crippen LogP contribution in [0.3, 0.4) is 0 Å². The van der Waals surface area contributed by atoms with Crippen LogP contribution in [-0.4, -0.2) is 16.4 Å². The fraction of sp³-hybridized carbons (Fsp3) is 0.312. The van der Waals surface area contributed by atoms with Crippen LogP contribution < -0.4 is 0 Å². The van der Waals surface area contributed by atoms with Gasteiger partial charge in [0.25, 0.3) is 0 Å². The zero-order chi connectivity index (χ0) is 13.1. The predicted octanol–water partition coefficient (Wildman–Crippen LogP) is 4.18. The first kappa shape index (κ1) is 12.8. The van der Waals surface area contributed by atoms with Crippen molar-refractivity contribution in [1.29, 1.82) is 0 Å². The van der Waals surface area contributed by atoms with Gasteiger partial charge in [-0.1, -0.05) is 36.4 Å².